The topological polar surface area (TPSA) is 99.0 Å². The fourth-order valence-corrected chi connectivity index (χ4v) is 3.93. The second kappa shape index (κ2) is 11.6. The lowest BCUT2D eigenvalue weighted by atomic mass is 9.88. The van der Waals surface area contributed by atoms with E-state index in [1.807, 2.05) is 6.92 Å². The first kappa shape index (κ1) is 26.4. The molecule has 1 aromatic carbocycles. The number of carbonyl (C=O) groups excluding carboxylic acids is 1. The van der Waals surface area contributed by atoms with Crippen LogP contribution in [0.15, 0.2) is 33.9 Å². The number of benzene rings is 1. The third-order valence-corrected chi connectivity index (χ3v) is 6.43. The SMILES string of the molecule is CC(=O)Oc1ccc(F)cc1.CC1CCC1.CCC#Cc1nc2c([nH]1)c(=O)n(C1CC1)c(=O)n2C1CC1. The van der Waals surface area contributed by atoms with Crippen molar-refractivity contribution in [3.05, 3.63) is 56.7 Å². The summed E-state index contributed by atoms with van der Waals surface area (Å²) in [5.41, 5.74) is 0.407. The molecule has 196 valence electrons. The van der Waals surface area contributed by atoms with Gasteiger partial charge in [0.15, 0.2) is 17.0 Å². The summed E-state index contributed by atoms with van der Waals surface area (Å²) in [7, 11) is 0. The monoisotopic (exact) mass is 508 g/mol. The summed E-state index contributed by atoms with van der Waals surface area (Å²) in [4.78, 5) is 42.9. The minimum atomic E-state index is -0.406. The minimum Gasteiger partial charge on any atom is -0.427 e. The van der Waals surface area contributed by atoms with Crippen molar-refractivity contribution in [3.8, 4) is 17.6 Å². The molecule has 3 aromatic rings. The Labute approximate surface area is 214 Å². The lowest BCUT2D eigenvalue weighted by molar-refractivity contribution is -0.131. The Kier molecular flexibility index (Phi) is 8.27. The molecule has 9 heteroatoms. The van der Waals surface area contributed by atoms with E-state index in [9.17, 15) is 18.8 Å². The molecule has 1 N–H and O–H groups in total. The quantitative estimate of drug-likeness (QED) is 0.309. The van der Waals surface area contributed by atoms with Gasteiger partial charge in [0.05, 0.1) is 0 Å². The number of H-pyrrole nitrogens is 1. The molecule has 2 heterocycles. The number of hydrogen-bond donors (Lipinski definition) is 1. The number of halogens is 1. The van der Waals surface area contributed by atoms with Crippen molar-refractivity contribution in [2.45, 2.75) is 84.2 Å². The maximum absolute atomic E-state index is 12.6. The predicted octanol–water partition coefficient (Wildman–Crippen LogP) is 4.88. The van der Waals surface area contributed by atoms with Crippen LogP contribution in [0, 0.1) is 23.6 Å². The molecule has 0 aliphatic heterocycles. The van der Waals surface area contributed by atoms with Crippen LogP contribution in [-0.4, -0.2) is 25.1 Å². The number of carbonyl (C=O) groups is 1. The molecule has 3 aliphatic rings. The predicted molar refractivity (Wildman–Crippen MR) is 139 cm³/mol. The van der Waals surface area contributed by atoms with E-state index in [0.717, 1.165) is 38.0 Å². The maximum Gasteiger partial charge on any atom is 0.333 e. The van der Waals surface area contributed by atoms with Gasteiger partial charge in [0, 0.05) is 25.4 Å². The molecular weight excluding hydrogens is 475 g/mol. The standard InChI is InChI=1S/C15H16N4O2.C8H7FO2.C5H10/c1-2-3-4-11-16-12-13(17-11)18(9-5-6-9)15(21)19(14(12)20)10-7-8-10;1-6(10)11-8-4-2-7(9)3-5-8;1-5-3-2-4-5/h9-10H,2,5-8H2,1H3,(H,16,17);2-5H,1H3;5H,2-4H2,1H3. The van der Waals surface area contributed by atoms with Crippen LogP contribution in [0.5, 0.6) is 5.75 Å². The Balaban J connectivity index is 0.000000166. The number of nitrogens with zero attached hydrogens (tertiary/aromatic N) is 3. The molecule has 0 atom stereocenters. The Hall–Kier alpha value is -3.67. The average molecular weight is 509 g/mol. The number of imidazole rings is 1. The van der Waals surface area contributed by atoms with Gasteiger partial charge in [0.2, 0.25) is 0 Å². The molecule has 0 spiro atoms. The van der Waals surface area contributed by atoms with Gasteiger partial charge < -0.3 is 9.72 Å². The molecule has 0 unspecified atom stereocenters. The van der Waals surface area contributed by atoms with Crippen LogP contribution in [0.25, 0.3) is 11.2 Å². The third-order valence-electron chi connectivity index (χ3n) is 6.43. The van der Waals surface area contributed by atoms with Crippen LogP contribution < -0.4 is 16.0 Å². The Morgan fingerprint density at radius 3 is 2.16 bits per heavy atom. The van der Waals surface area contributed by atoms with E-state index in [1.165, 1.54) is 55.0 Å². The van der Waals surface area contributed by atoms with Crippen LogP contribution in [0.4, 0.5) is 4.39 Å². The van der Waals surface area contributed by atoms with Crippen LogP contribution in [0.1, 0.15) is 90.0 Å². The first-order valence-corrected chi connectivity index (χ1v) is 13.0. The number of esters is 1. The summed E-state index contributed by atoms with van der Waals surface area (Å²) in [6, 6.07) is 5.51. The third kappa shape index (κ3) is 6.76. The van der Waals surface area contributed by atoms with E-state index in [1.54, 1.807) is 4.57 Å². The van der Waals surface area contributed by atoms with Crippen molar-refractivity contribution in [2.75, 3.05) is 0 Å². The summed E-state index contributed by atoms with van der Waals surface area (Å²) in [5.74, 6) is 6.97. The van der Waals surface area contributed by atoms with Gasteiger partial charge in [-0.2, -0.15) is 0 Å². The molecule has 0 amide bonds. The number of aromatic nitrogens is 4. The van der Waals surface area contributed by atoms with Crippen molar-refractivity contribution in [3.63, 3.8) is 0 Å². The van der Waals surface area contributed by atoms with Gasteiger partial charge in [-0.05, 0) is 61.8 Å². The van der Waals surface area contributed by atoms with Crippen LogP contribution >= 0.6 is 0 Å². The summed E-state index contributed by atoms with van der Waals surface area (Å²) in [6.45, 7) is 5.56. The molecule has 37 heavy (non-hydrogen) atoms. The first-order chi connectivity index (χ1) is 17.8. The summed E-state index contributed by atoms with van der Waals surface area (Å²) >= 11 is 0. The number of rotatable bonds is 3. The molecule has 3 fully saturated rings. The molecule has 3 aliphatic carbocycles. The number of hydrogen-bond acceptors (Lipinski definition) is 5. The molecule has 2 aromatic heterocycles. The van der Waals surface area contributed by atoms with Crippen LogP contribution in [0.2, 0.25) is 0 Å². The van der Waals surface area contributed by atoms with Crippen molar-refractivity contribution in [1.82, 2.24) is 19.1 Å². The van der Waals surface area contributed by atoms with Crippen molar-refractivity contribution >= 4 is 17.1 Å². The second-order valence-corrected chi connectivity index (χ2v) is 9.81. The molecule has 8 nitrogen and oxygen atoms in total. The van der Waals surface area contributed by atoms with Crippen molar-refractivity contribution in [2.24, 2.45) is 5.92 Å². The lowest BCUT2D eigenvalue weighted by Gasteiger charge is -2.18. The van der Waals surface area contributed by atoms with Crippen molar-refractivity contribution in [1.29, 1.82) is 0 Å². The summed E-state index contributed by atoms with van der Waals surface area (Å²) in [5, 5.41) is 0. The zero-order valence-electron chi connectivity index (χ0n) is 21.6. The van der Waals surface area contributed by atoms with Gasteiger partial charge in [-0.25, -0.2) is 14.2 Å². The van der Waals surface area contributed by atoms with E-state index < -0.39 is 5.97 Å². The fourth-order valence-electron chi connectivity index (χ4n) is 3.93. The highest BCUT2D eigenvalue weighted by Gasteiger charge is 2.34. The zero-order valence-corrected chi connectivity index (χ0v) is 21.6. The van der Waals surface area contributed by atoms with E-state index in [-0.39, 0.29) is 29.1 Å². The van der Waals surface area contributed by atoms with E-state index >= 15 is 0 Å². The smallest absolute Gasteiger partial charge is 0.333 e. The molecular formula is C28H33FN4O4. The van der Waals surface area contributed by atoms with Gasteiger partial charge in [-0.1, -0.05) is 39.0 Å². The largest absolute Gasteiger partial charge is 0.427 e. The van der Waals surface area contributed by atoms with Gasteiger partial charge in [-0.15, -0.1) is 0 Å². The van der Waals surface area contributed by atoms with E-state index in [2.05, 4.69) is 33.5 Å². The van der Waals surface area contributed by atoms with Gasteiger partial charge in [0.1, 0.15) is 11.6 Å². The van der Waals surface area contributed by atoms with E-state index in [0.29, 0.717) is 22.7 Å². The normalized spacial score (nSPS) is 16.3. The Morgan fingerprint density at radius 2 is 1.68 bits per heavy atom. The zero-order chi connectivity index (χ0) is 26.5. The summed E-state index contributed by atoms with van der Waals surface area (Å²) < 4.78 is 20.0. The van der Waals surface area contributed by atoms with Gasteiger partial charge >= 0.3 is 11.7 Å². The van der Waals surface area contributed by atoms with Gasteiger partial charge in [-0.3, -0.25) is 18.7 Å². The molecule has 0 saturated heterocycles. The Morgan fingerprint density at radius 1 is 1.08 bits per heavy atom. The average Bonchev–Trinajstić information content (AvgIpc) is 3.78. The fraction of sp³-hybridized carbons (Fsp3) is 0.500. The Bertz CT molecular complexity index is 1430. The minimum absolute atomic E-state index is 0.0628. The number of fused-ring (bicyclic) bond motifs is 1. The van der Waals surface area contributed by atoms with Crippen LogP contribution in [-0.2, 0) is 4.79 Å². The first-order valence-electron chi connectivity index (χ1n) is 13.0. The van der Waals surface area contributed by atoms with E-state index in [4.69, 9.17) is 0 Å². The molecule has 0 bridgehead atoms. The highest BCUT2D eigenvalue weighted by atomic mass is 19.1. The highest BCUT2D eigenvalue weighted by Crippen LogP contribution is 2.36. The molecule has 0 radical (unpaired) electrons. The number of aromatic amines is 1. The van der Waals surface area contributed by atoms with Crippen molar-refractivity contribution < 1.29 is 13.9 Å². The number of ether oxygens (including phenoxy) is 1. The number of nitrogens with one attached hydrogen (secondary N) is 1. The highest BCUT2D eigenvalue weighted by molar-refractivity contribution is 5.71. The maximum atomic E-state index is 12.6. The molecule has 3 saturated carbocycles. The van der Waals surface area contributed by atoms with Gasteiger partial charge in [0.25, 0.3) is 5.56 Å². The molecule has 6 rings (SSSR count). The van der Waals surface area contributed by atoms with Crippen LogP contribution in [0.3, 0.4) is 0 Å². The summed E-state index contributed by atoms with van der Waals surface area (Å²) in [6.07, 6.45) is 8.94. The second-order valence-electron chi connectivity index (χ2n) is 9.81. The lowest BCUT2D eigenvalue weighted by Crippen LogP contribution is -2.39.